The van der Waals surface area contributed by atoms with Crippen LogP contribution in [0.25, 0.3) is 11.0 Å². The maximum atomic E-state index is 13.7. The zero-order valence-corrected chi connectivity index (χ0v) is 19.1. The fourth-order valence-electron chi connectivity index (χ4n) is 3.43. The van der Waals surface area contributed by atoms with Gasteiger partial charge in [0.1, 0.15) is 11.5 Å². The first kappa shape index (κ1) is 24.5. The third-order valence-electron chi connectivity index (χ3n) is 5.27. The van der Waals surface area contributed by atoms with Crippen LogP contribution in [0.15, 0.2) is 48.8 Å². The summed E-state index contributed by atoms with van der Waals surface area (Å²) in [5.41, 5.74) is 0.986. The molecule has 9 nitrogen and oxygen atoms in total. The number of hydrogen-bond acceptors (Lipinski definition) is 6. The molecule has 0 aliphatic heterocycles. The Bertz CT molecular complexity index is 1460. The molecular weight excluding hydrogens is 479 g/mol. The predicted octanol–water partition coefficient (Wildman–Crippen LogP) is 3.28. The predicted molar refractivity (Wildman–Crippen MR) is 123 cm³/mol. The van der Waals surface area contributed by atoms with Crippen molar-refractivity contribution in [3.8, 4) is 11.5 Å². The van der Waals surface area contributed by atoms with E-state index < -0.39 is 41.5 Å². The number of carbonyl (C=O) groups excluding carboxylic acids is 2. The van der Waals surface area contributed by atoms with Gasteiger partial charge in [0.05, 0.1) is 44.8 Å². The average molecular weight is 499 g/mol. The summed E-state index contributed by atoms with van der Waals surface area (Å²) in [6.45, 7) is -0.179. The number of nitrogens with zero attached hydrogens (tertiary/aromatic N) is 3. The van der Waals surface area contributed by atoms with E-state index >= 15 is 0 Å². The number of aromatic nitrogens is 3. The van der Waals surface area contributed by atoms with Crippen LogP contribution in [0.1, 0.15) is 15.9 Å². The smallest absolute Gasteiger partial charge is 0.253 e. The Kier molecular flexibility index (Phi) is 7.04. The van der Waals surface area contributed by atoms with Crippen LogP contribution < -0.4 is 20.1 Å². The second-order valence-electron chi connectivity index (χ2n) is 7.57. The van der Waals surface area contributed by atoms with Crippen molar-refractivity contribution >= 4 is 28.5 Å². The van der Waals surface area contributed by atoms with E-state index in [0.29, 0.717) is 35.1 Å². The number of ether oxygens (including phenoxy) is 2. The highest BCUT2D eigenvalue weighted by Gasteiger charge is 2.17. The SMILES string of the molecule is COc1ccc(Cn2ncc3cc(C(=O)NCC(=O)Nc4ccc(F)c(F)c4F)cnc32)c(OC)c1. The highest BCUT2D eigenvalue weighted by Crippen LogP contribution is 2.26. The molecule has 0 saturated heterocycles. The van der Waals surface area contributed by atoms with Crippen LogP contribution in [0, 0.1) is 17.5 Å². The molecule has 0 aliphatic carbocycles. The fraction of sp³-hybridized carbons (Fsp3) is 0.167. The first-order chi connectivity index (χ1) is 17.3. The lowest BCUT2D eigenvalue weighted by Gasteiger charge is -2.11. The number of rotatable bonds is 8. The monoisotopic (exact) mass is 499 g/mol. The van der Waals surface area contributed by atoms with Crippen molar-refractivity contribution < 1.29 is 32.2 Å². The van der Waals surface area contributed by atoms with Gasteiger partial charge < -0.3 is 20.1 Å². The standard InChI is InChI=1S/C24H20F3N5O4/c1-35-16-4-3-13(19(8-16)36-2)12-32-23-14(10-30-32)7-15(9-28-23)24(34)29-11-20(33)31-18-6-5-17(25)21(26)22(18)27/h3-10H,11-12H2,1-2H3,(H,29,34)(H,31,33). The Labute approximate surface area is 202 Å². The summed E-state index contributed by atoms with van der Waals surface area (Å²) < 4.78 is 52.3. The largest absolute Gasteiger partial charge is 0.497 e. The molecule has 12 heteroatoms. The van der Waals surface area contributed by atoms with E-state index in [1.54, 1.807) is 43.3 Å². The number of methoxy groups -OCH3 is 2. The van der Waals surface area contributed by atoms with E-state index in [4.69, 9.17) is 9.47 Å². The van der Waals surface area contributed by atoms with Gasteiger partial charge in [0.15, 0.2) is 23.1 Å². The minimum atomic E-state index is -1.71. The summed E-state index contributed by atoms with van der Waals surface area (Å²) in [7, 11) is 3.11. The highest BCUT2D eigenvalue weighted by atomic mass is 19.2. The third kappa shape index (κ3) is 5.06. The molecule has 2 heterocycles. The Morgan fingerprint density at radius 3 is 2.56 bits per heavy atom. The van der Waals surface area contributed by atoms with Crippen molar-refractivity contribution in [1.82, 2.24) is 20.1 Å². The molecule has 0 aliphatic rings. The second kappa shape index (κ2) is 10.3. The molecule has 0 atom stereocenters. The van der Waals surface area contributed by atoms with E-state index in [0.717, 1.165) is 11.6 Å². The summed E-state index contributed by atoms with van der Waals surface area (Å²) in [5, 5.41) is 9.36. The molecule has 0 fully saturated rings. The van der Waals surface area contributed by atoms with E-state index in [1.165, 1.54) is 6.20 Å². The van der Waals surface area contributed by atoms with Gasteiger partial charge in [0, 0.05) is 23.2 Å². The van der Waals surface area contributed by atoms with Gasteiger partial charge in [-0.25, -0.2) is 22.8 Å². The van der Waals surface area contributed by atoms with Gasteiger partial charge in [-0.1, -0.05) is 0 Å². The molecule has 0 unspecified atom stereocenters. The maximum absolute atomic E-state index is 13.7. The van der Waals surface area contributed by atoms with Crippen molar-refractivity contribution in [2.75, 3.05) is 26.1 Å². The van der Waals surface area contributed by atoms with Gasteiger partial charge in [0.2, 0.25) is 5.91 Å². The molecule has 0 saturated carbocycles. The molecule has 186 valence electrons. The van der Waals surface area contributed by atoms with E-state index in [2.05, 4.69) is 20.7 Å². The Morgan fingerprint density at radius 1 is 1.00 bits per heavy atom. The summed E-state index contributed by atoms with van der Waals surface area (Å²) in [4.78, 5) is 28.8. The molecular formula is C24H20F3N5O4. The molecule has 4 aromatic rings. The lowest BCUT2D eigenvalue weighted by molar-refractivity contribution is -0.115. The van der Waals surface area contributed by atoms with Crippen molar-refractivity contribution in [1.29, 1.82) is 0 Å². The number of amides is 2. The van der Waals surface area contributed by atoms with Crippen molar-refractivity contribution in [2.45, 2.75) is 6.54 Å². The van der Waals surface area contributed by atoms with Crippen LogP contribution in [-0.2, 0) is 11.3 Å². The highest BCUT2D eigenvalue weighted by molar-refractivity contribution is 6.00. The number of benzene rings is 2. The topological polar surface area (TPSA) is 107 Å². The first-order valence-corrected chi connectivity index (χ1v) is 10.5. The Hall–Kier alpha value is -4.61. The molecule has 2 N–H and O–H groups in total. The first-order valence-electron chi connectivity index (χ1n) is 10.5. The number of halogens is 3. The van der Waals surface area contributed by atoms with Crippen LogP contribution >= 0.6 is 0 Å². The van der Waals surface area contributed by atoms with Crippen molar-refractivity contribution in [3.05, 3.63) is 77.4 Å². The van der Waals surface area contributed by atoms with Crippen LogP contribution in [0.4, 0.5) is 18.9 Å². The van der Waals surface area contributed by atoms with Gasteiger partial charge in [-0.2, -0.15) is 5.10 Å². The summed E-state index contributed by atoms with van der Waals surface area (Å²) in [5.74, 6) is -4.80. The van der Waals surface area contributed by atoms with Gasteiger partial charge >= 0.3 is 0 Å². The molecule has 4 rings (SSSR count). The van der Waals surface area contributed by atoms with Gasteiger partial charge in [0.25, 0.3) is 5.91 Å². The lowest BCUT2D eigenvalue weighted by atomic mass is 10.2. The van der Waals surface area contributed by atoms with Gasteiger partial charge in [-0.05, 0) is 30.3 Å². The van der Waals surface area contributed by atoms with Gasteiger partial charge in [-0.15, -0.1) is 0 Å². The molecule has 2 aromatic heterocycles. The van der Waals surface area contributed by atoms with Gasteiger partial charge in [-0.3, -0.25) is 9.59 Å². The molecule has 2 aromatic carbocycles. The number of nitrogens with one attached hydrogen (secondary N) is 2. The van der Waals surface area contributed by atoms with Crippen LogP contribution in [0.5, 0.6) is 11.5 Å². The molecule has 0 radical (unpaired) electrons. The normalized spacial score (nSPS) is 10.8. The number of pyridine rings is 1. The molecule has 0 bridgehead atoms. The Morgan fingerprint density at radius 2 is 1.81 bits per heavy atom. The van der Waals surface area contributed by atoms with Crippen LogP contribution in [-0.4, -0.2) is 47.3 Å². The third-order valence-corrected chi connectivity index (χ3v) is 5.27. The molecule has 0 spiro atoms. The van der Waals surface area contributed by atoms with E-state index in [9.17, 15) is 22.8 Å². The van der Waals surface area contributed by atoms with E-state index in [1.807, 2.05) is 6.07 Å². The number of hydrogen-bond donors (Lipinski definition) is 2. The van der Waals surface area contributed by atoms with Crippen molar-refractivity contribution in [3.63, 3.8) is 0 Å². The van der Waals surface area contributed by atoms with Crippen LogP contribution in [0.2, 0.25) is 0 Å². The zero-order valence-electron chi connectivity index (χ0n) is 19.1. The molecule has 36 heavy (non-hydrogen) atoms. The Balaban J connectivity index is 1.42. The summed E-state index contributed by atoms with van der Waals surface area (Å²) >= 11 is 0. The zero-order chi connectivity index (χ0) is 25.8. The minimum absolute atomic E-state index is 0.163. The van der Waals surface area contributed by atoms with Crippen molar-refractivity contribution in [2.24, 2.45) is 0 Å². The van der Waals surface area contributed by atoms with Crippen LogP contribution in [0.3, 0.4) is 0 Å². The summed E-state index contributed by atoms with van der Waals surface area (Å²) in [6, 6.07) is 8.52. The number of anilines is 1. The fourth-order valence-corrected chi connectivity index (χ4v) is 3.43. The number of carbonyl (C=O) groups is 2. The molecule has 2 amide bonds. The lowest BCUT2D eigenvalue weighted by Crippen LogP contribution is -2.33. The quantitative estimate of drug-likeness (QED) is 0.361. The second-order valence-corrected chi connectivity index (χ2v) is 7.57. The average Bonchev–Trinajstić information content (AvgIpc) is 3.29. The maximum Gasteiger partial charge on any atom is 0.253 e. The number of fused-ring (bicyclic) bond motifs is 1. The van der Waals surface area contributed by atoms with E-state index in [-0.39, 0.29) is 5.56 Å². The minimum Gasteiger partial charge on any atom is -0.497 e. The summed E-state index contributed by atoms with van der Waals surface area (Å²) in [6.07, 6.45) is 2.88.